The van der Waals surface area contributed by atoms with Crippen molar-refractivity contribution in [3.05, 3.63) is 36.2 Å². The molecular weight excluding hydrogens is 354 g/mol. The summed E-state index contributed by atoms with van der Waals surface area (Å²) >= 11 is 0. The lowest BCUT2D eigenvalue weighted by atomic mass is 10.2. The lowest BCUT2D eigenvalue weighted by Gasteiger charge is -2.25. The summed E-state index contributed by atoms with van der Waals surface area (Å²) in [6.45, 7) is 2.47. The molecule has 7 nitrogen and oxygen atoms in total. The van der Waals surface area contributed by atoms with Gasteiger partial charge in [0.25, 0.3) is 0 Å². The Labute approximate surface area is 155 Å². The lowest BCUT2D eigenvalue weighted by molar-refractivity contribution is -0.116. The van der Waals surface area contributed by atoms with Crippen LogP contribution in [0.1, 0.15) is 31.2 Å². The SMILES string of the molecule is O=C(/C=C/c1cccnc1)NCCCCCCS(=O)(=O)N1CCOCC1. The molecule has 1 saturated heterocycles. The van der Waals surface area contributed by atoms with Crippen molar-refractivity contribution in [2.75, 3.05) is 38.6 Å². The van der Waals surface area contributed by atoms with Crippen molar-refractivity contribution < 1.29 is 17.9 Å². The third-order valence-electron chi connectivity index (χ3n) is 4.10. The van der Waals surface area contributed by atoms with Crippen LogP contribution in [0.3, 0.4) is 0 Å². The van der Waals surface area contributed by atoms with E-state index in [1.165, 1.54) is 10.4 Å². The normalized spacial score (nSPS) is 16.0. The molecule has 0 atom stereocenters. The minimum atomic E-state index is -3.15. The minimum absolute atomic E-state index is 0.135. The molecule has 0 bridgehead atoms. The highest BCUT2D eigenvalue weighted by Crippen LogP contribution is 2.09. The number of pyridine rings is 1. The van der Waals surface area contributed by atoms with Crippen LogP contribution in [-0.4, -0.2) is 62.2 Å². The first-order chi connectivity index (χ1) is 12.6. The van der Waals surface area contributed by atoms with Gasteiger partial charge in [0, 0.05) is 38.1 Å². The predicted octanol–water partition coefficient (Wildman–Crippen LogP) is 1.43. The van der Waals surface area contributed by atoms with Gasteiger partial charge in [0.05, 0.1) is 19.0 Å². The Morgan fingerprint density at radius 1 is 1.23 bits per heavy atom. The largest absolute Gasteiger partial charge is 0.379 e. The fourth-order valence-electron chi connectivity index (χ4n) is 2.63. The molecule has 144 valence electrons. The van der Waals surface area contributed by atoms with Crippen molar-refractivity contribution >= 4 is 22.0 Å². The van der Waals surface area contributed by atoms with Crippen LogP contribution in [0.2, 0.25) is 0 Å². The summed E-state index contributed by atoms with van der Waals surface area (Å²) in [5.74, 6) is 0.0523. The quantitative estimate of drug-likeness (QED) is 0.489. The van der Waals surface area contributed by atoms with Crippen molar-refractivity contribution in [1.29, 1.82) is 0 Å². The van der Waals surface area contributed by atoms with Crippen LogP contribution in [0, 0.1) is 0 Å². The van der Waals surface area contributed by atoms with Crippen LogP contribution in [0.5, 0.6) is 0 Å². The number of hydrogen-bond acceptors (Lipinski definition) is 5. The van der Waals surface area contributed by atoms with E-state index in [2.05, 4.69) is 10.3 Å². The molecule has 1 aliphatic rings. The van der Waals surface area contributed by atoms with Crippen molar-refractivity contribution in [1.82, 2.24) is 14.6 Å². The van der Waals surface area contributed by atoms with Crippen LogP contribution >= 0.6 is 0 Å². The Bertz CT molecular complexity index is 671. The van der Waals surface area contributed by atoms with E-state index in [0.717, 1.165) is 24.8 Å². The van der Waals surface area contributed by atoms with E-state index >= 15 is 0 Å². The van der Waals surface area contributed by atoms with E-state index in [1.54, 1.807) is 18.5 Å². The first kappa shape index (κ1) is 20.5. The molecule has 1 amide bonds. The molecule has 1 aromatic rings. The maximum Gasteiger partial charge on any atom is 0.243 e. The molecule has 0 unspecified atom stereocenters. The average Bonchev–Trinajstić information content (AvgIpc) is 2.67. The van der Waals surface area contributed by atoms with Gasteiger partial charge in [0.1, 0.15) is 0 Å². The third-order valence-corrected chi connectivity index (χ3v) is 6.06. The van der Waals surface area contributed by atoms with Gasteiger partial charge in [-0.3, -0.25) is 9.78 Å². The molecule has 0 saturated carbocycles. The van der Waals surface area contributed by atoms with Gasteiger partial charge in [-0.1, -0.05) is 18.9 Å². The Kier molecular flexibility index (Phi) is 8.73. The molecule has 26 heavy (non-hydrogen) atoms. The van der Waals surface area contributed by atoms with Crippen LogP contribution in [0.4, 0.5) is 0 Å². The number of nitrogens with one attached hydrogen (secondary N) is 1. The molecule has 0 spiro atoms. The Morgan fingerprint density at radius 2 is 2.00 bits per heavy atom. The van der Waals surface area contributed by atoms with Crippen molar-refractivity contribution in [2.45, 2.75) is 25.7 Å². The second-order valence-electron chi connectivity index (χ2n) is 6.15. The molecule has 8 heteroatoms. The van der Waals surface area contributed by atoms with Gasteiger partial charge < -0.3 is 10.1 Å². The number of hydrogen-bond donors (Lipinski definition) is 1. The molecule has 0 radical (unpaired) electrons. The highest BCUT2D eigenvalue weighted by Gasteiger charge is 2.23. The zero-order valence-electron chi connectivity index (χ0n) is 15.0. The second kappa shape index (κ2) is 11.1. The summed E-state index contributed by atoms with van der Waals surface area (Å²) in [5.41, 5.74) is 0.879. The number of nitrogens with zero attached hydrogens (tertiary/aromatic N) is 2. The number of unbranched alkanes of at least 4 members (excludes halogenated alkanes) is 3. The topological polar surface area (TPSA) is 88.6 Å². The summed E-state index contributed by atoms with van der Waals surface area (Å²) in [5, 5.41) is 2.83. The van der Waals surface area contributed by atoms with E-state index in [1.807, 2.05) is 12.1 Å². The molecule has 1 N–H and O–H groups in total. The number of aromatic nitrogens is 1. The van der Waals surface area contributed by atoms with E-state index in [9.17, 15) is 13.2 Å². The number of ether oxygens (including phenoxy) is 1. The Hall–Kier alpha value is -1.77. The van der Waals surface area contributed by atoms with Gasteiger partial charge in [0.15, 0.2) is 0 Å². The first-order valence-corrected chi connectivity index (χ1v) is 10.6. The molecule has 1 aromatic heterocycles. The van der Waals surface area contributed by atoms with Crippen LogP contribution in [0.15, 0.2) is 30.6 Å². The van der Waals surface area contributed by atoms with Gasteiger partial charge in [-0.25, -0.2) is 8.42 Å². The summed E-state index contributed by atoms with van der Waals surface area (Å²) in [7, 11) is -3.15. The zero-order valence-corrected chi connectivity index (χ0v) is 15.8. The molecule has 1 fully saturated rings. The highest BCUT2D eigenvalue weighted by molar-refractivity contribution is 7.89. The summed E-state index contributed by atoms with van der Waals surface area (Å²) < 4.78 is 31.0. The van der Waals surface area contributed by atoms with Crippen LogP contribution in [-0.2, 0) is 19.6 Å². The average molecular weight is 381 g/mol. The van der Waals surface area contributed by atoms with Gasteiger partial charge in [0.2, 0.25) is 15.9 Å². The smallest absolute Gasteiger partial charge is 0.243 e. The number of carbonyl (C=O) groups excluding carboxylic acids is 1. The zero-order chi connectivity index (χ0) is 18.7. The Morgan fingerprint density at radius 3 is 2.73 bits per heavy atom. The predicted molar refractivity (Wildman–Crippen MR) is 101 cm³/mol. The second-order valence-corrected chi connectivity index (χ2v) is 8.24. The first-order valence-electron chi connectivity index (χ1n) is 8.99. The number of carbonyl (C=O) groups is 1. The van der Waals surface area contributed by atoms with Gasteiger partial charge >= 0.3 is 0 Å². The van der Waals surface area contributed by atoms with Gasteiger partial charge in [-0.2, -0.15) is 4.31 Å². The van der Waals surface area contributed by atoms with Crippen molar-refractivity contribution in [3.63, 3.8) is 0 Å². The lowest BCUT2D eigenvalue weighted by Crippen LogP contribution is -2.41. The van der Waals surface area contributed by atoms with E-state index in [-0.39, 0.29) is 11.7 Å². The number of amides is 1. The molecule has 2 rings (SSSR count). The fourth-order valence-corrected chi connectivity index (χ4v) is 4.17. The maximum atomic E-state index is 12.2. The highest BCUT2D eigenvalue weighted by atomic mass is 32.2. The number of morpholine rings is 1. The standard InChI is InChI=1S/C18H27N3O4S/c22-18(8-7-17-6-5-9-19-16-17)20-10-3-1-2-4-15-26(23,24)21-11-13-25-14-12-21/h5-9,16H,1-4,10-15H2,(H,20,22)/b8-7+. The summed E-state index contributed by atoms with van der Waals surface area (Å²) in [6.07, 6.45) is 9.80. The molecular formula is C18H27N3O4S. The monoisotopic (exact) mass is 381 g/mol. The fraction of sp³-hybridized carbons (Fsp3) is 0.556. The van der Waals surface area contributed by atoms with Gasteiger partial charge in [-0.15, -0.1) is 0 Å². The van der Waals surface area contributed by atoms with Crippen molar-refractivity contribution in [3.8, 4) is 0 Å². The third kappa shape index (κ3) is 7.63. The molecule has 0 aromatic carbocycles. The van der Waals surface area contributed by atoms with E-state index in [0.29, 0.717) is 39.3 Å². The van der Waals surface area contributed by atoms with Crippen LogP contribution in [0.25, 0.3) is 6.08 Å². The van der Waals surface area contributed by atoms with Gasteiger partial charge in [-0.05, 0) is 30.5 Å². The summed E-state index contributed by atoms with van der Waals surface area (Å²) in [6, 6.07) is 3.69. The number of rotatable bonds is 10. The molecule has 1 aliphatic heterocycles. The van der Waals surface area contributed by atoms with Crippen LogP contribution < -0.4 is 5.32 Å². The minimum Gasteiger partial charge on any atom is -0.379 e. The Balaban J connectivity index is 1.52. The summed E-state index contributed by atoms with van der Waals surface area (Å²) in [4.78, 5) is 15.7. The van der Waals surface area contributed by atoms with E-state index < -0.39 is 10.0 Å². The maximum absolute atomic E-state index is 12.2. The molecule has 2 heterocycles. The number of sulfonamides is 1. The molecule has 0 aliphatic carbocycles. The van der Waals surface area contributed by atoms with E-state index in [4.69, 9.17) is 4.74 Å². The van der Waals surface area contributed by atoms with Crippen molar-refractivity contribution in [2.24, 2.45) is 0 Å².